The molecule has 2 rings (SSSR count). The highest BCUT2D eigenvalue weighted by Crippen LogP contribution is 2.33. The first kappa shape index (κ1) is 12.9. The molecule has 2 atom stereocenters. The first-order valence-electron chi connectivity index (χ1n) is 6.41. The van der Waals surface area contributed by atoms with Gasteiger partial charge in [-0.3, -0.25) is 0 Å². The first-order chi connectivity index (χ1) is 8.11. The van der Waals surface area contributed by atoms with Crippen molar-refractivity contribution in [3.8, 4) is 0 Å². The zero-order chi connectivity index (χ0) is 12.4. The molecule has 0 saturated carbocycles. The highest BCUT2D eigenvalue weighted by atomic mass is 79.9. The molecule has 2 N–H and O–H groups in total. The lowest BCUT2D eigenvalue weighted by Crippen LogP contribution is -2.22. The van der Waals surface area contributed by atoms with Crippen molar-refractivity contribution in [1.29, 1.82) is 0 Å². The maximum absolute atomic E-state index is 6.06. The monoisotopic (exact) mass is 296 g/mol. The van der Waals surface area contributed by atoms with Gasteiger partial charge in [0.25, 0.3) is 0 Å². The lowest BCUT2D eigenvalue weighted by molar-refractivity contribution is 0.569. The highest BCUT2D eigenvalue weighted by molar-refractivity contribution is 9.10. The number of nitrogens with two attached hydrogens (primary N) is 1. The van der Waals surface area contributed by atoms with Crippen molar-refractivity contribution in [1.82, 2.24) is 0 Å². The molecule has 1 aliphatic rings. The van der Waals surface area contributed by atoms with Gasteiger partial charge >= 0.3 is 0 Å². The Hall–Kier alpha value is -0.540. The van der Waals surface area contributed by atoms with Crippen molar-refractivity contribution in [3.63, 3.8) is 0 Å². The summed E-state index contributed by atoms with van der Waals surface area (Å²) in [5.74, 6) is 0.843. The fourth-order valence-corrected chi connectivity index (χ4v) is 2.91. The molecule has 2 nitrogen and oxygen atoms in total. The van der Waals surface area contributed by atoms with E-state index < -0.39 is 0 Å². The van der Waals surface area contributed by atoms with Crippen LogP contribution in [-0.4, -0.2) is 13.1 Å². The lowest BCUT2D eigenvalue weighted by Gasteiger charge is -2.24. The Morgan fingerprint density at radius 3 is 2.88 bits per heavy atom. The molecular weight excluding hydrogens is 276 g/mol. The van der Waals surface area contributed by atoms with Crippen LogP contribution < -0.4 is 10.6 Å². The summed E-state index contributed by atoms with van der Waals surface area (Å²) in [5.41, 5.74) is 8.62. The van der Waals surface area contributed by atoms with Gasteiger partial charge < -0.3 is 10.6 Å². The van der Waals surface area contributed by atoms with Crippen LogP contribution in [0.3, 0.4) is 0 Å². The lowest BCUT2D eigenvalue weighted by atomic mass is 10.1. The fraction of sp³-hybridized carbons (Fsp3) is 0.571. The molecule has 1 aliphatic heterocycles. The molecule has 0 amide bonds. The molecule has 0 aromatic heterocycles. The van der Waals surface area contributed by atoms with Crippen LogP contribution in [0.25, 0.3) is 0 Å². The summed E-state index contributed by atoms with van der Waals surface area (Å²) >= 11 is 3.56. The van der Waals surface area contributed by atoms with Crippen molar-refractivity contribution in [2.24, 2.45) is 11.7 Å². The maximum atomic E-state index is 6.06. The number of anilines is 1. The van der Waals surface area contributed by atoms with Gasteiger partial charge in [0, 0.05) is 29.3 Å². The average Bonchev–Trinajstić information content (AvgIpc) is 2.76. The Kier molecular flexibility index (Phi) is 4.10. The van der Waals surface area contributed by atoms with Gasteiger partial charge in [-0.25, -0.2) is 0 Å². The molecule has 1 fully saturated rings. The van der Waals surface area contributed by atoms with Crippen molar-refractivity contribution in [2.75, 3.05) is 18.0 Å². The van der Waals surface area contributed by atoms with Crippen molar-refractivity contribution >= 4 is 21.6 Å². The molecular formula is C14H21BrN2. The zero-order valence-electron chi connectivity index (χ0n) is 10.6. The van der Waals surface area contributed by atoms with E-state index in [-0.39, 0.29) is 6.04 Å². The normalized spacial score (nSPS) is 21.9. The van der Waals surface area contributed by atoms with E-state index in [1.54, 1.807) is 0 Å². The molecule has 0 bridgehead atoms. The van der Waals surface area contributed by atoms with Gasteiger partial charge in [-0.15, -0.1) is 0 Å². The van der Waals surface area contributed by atoms with Gasteiger partial charge in [0.1, 0.15) is 0 Å². The first-order valence-corrected chi connectivity index (χ1v) is 7.21. The Morgan fingerprint density at radius 2 is 2.29 bits per heavy atom. The third kappa shape index (κ3) is 2.83. The molecule has 1 aromatic carbocycles. The summed E-state index contributed by atoms with van der Waals surface area (Å²) < 4.78 is 1.14. The molecule has 0 aliphatic carbocycles. The zero-order valence-corrected chi connectivity index (χ0v) is 12.2. The van der Waals surface area contributed by atoms with E-state index in [1.165, 1.54) is 30.6 Å². The molecule has 1 aromatic rings. The molecule has 1 heterocycles. The van der Waals surface area contributed by atoms with Crippen molar-refractivity contribution < 1.29 is 0 Å². The van der Waals surface area contributed by atoms with Gasteiger partial charge in [-0.05, 0) is 37.0 Å². The van der Waals surface area contributed by atoms with E-state index in [0.29, 0.717) is 0 Å². The SMILES string of the molecule is CCC1CCN(c2cc(Br)ccc2C(C)N)C1. The second-order valence-corrected chi connectivity index (χ2v) is 5.92. The van der Waals surface area contributed by atoms with E-state index in [4.69, 9.17) is 5.73 Å². The smallest absolute Gasteiger partial charge is 0.0425 e. The van der Waals surface area contributed by atoms with Gasteiger partial charge in [0.2, 0.25) is 0 Å². The number of benzene rings is 1. The second kappa shape index (κ2) is 5.40. The van der Waals surface area contributed by atoms with Gasteiger partial charge in [-0.1, -0.05) is 35.3 Å². The molecule has 2 unspecified atom stereocenters. The molecule has 94 valence electrons. The van der Waals surface area contributed by atoms with Crippen molar-refractivity contribution in [3.05, 3.63) is 28.2 Å². The quantitative estimate of drug-likeness (QED) is 0.921. The van der Waals surface area contributed by atoms with Crippen LogP contribution in [0.5, 0.6) is 0 Å². The van der Waals surface area contributed by atoms with E-state index in [2.05, 4.69) is 52.9 Å². The molecule has 0 spiro atoms. The number of hydrogen-bond acceptors (Lipinski definition) is 2. The van der Waals surface area contributed by atoms with Crippen LogP contribution in [0.4, 0.5) is 5.69 Å². The third-order valence-corrected chi connectivity index (χ3v) is 4.18. The van der Waals surface area contributed by atoms with Crippen LogP contribution in [-0.2, 0) is 0 Å². The summed E-state index contributed by atoms with van der Waals surface area (Å²) in [5, 5.41) is 0. The highest BCUT2D eigenvalue weighted by Gasteiger charge is 2.23. The minimum absolute atomic E-state index is 0.0961. The van der Waals surface area contributed by atoms with E-state index in [0.717, 1.165) is 16.9 Å². The Morgan fingerprint density at radius 1 is 1.53 bits per heavy atom. The van der Waals surface area contributed by atoms with Crippen LogP contribution in [0.1, 0.15) is 38.3 Å². The largest absolute Gasteiger partial charge is 0.371 e. The summed E-state index contributed by atoms with van der Waals surface area (Å²) in [6.45, 7) is 6.67. The van der Waals surface area contributed by atoms with Crippen LogP contribution in [0.2, 0.25) is 0 Å². The van der Waals surface area contributed by atoms with Crippen LogP contribution >= 0.6 is 15.9 Å². The van der Waals surface area contributed by atoms with Gasteiger partial charge in [0.15, 0.2) is 0 Å². The fourth-order valence-electron chi connectivity index (χ4n) is 2.56. The maximum Gasteiger partial charge on any atom is 0.0425 e. The van der Waals surface area contributed by atoms with E-state index in [1.807, 2.05) is 0 Å². The van der Waals surface area contributed by atoms with Crippen molar-refractivity contribution in [2.45, 2.75) is 32.7 Å². The second-order valence-electron chi connectivity index (χ2n) is 5.00. The average molecular weight is 297 g/mol. The molecule has 3 heteroatoms. The van der Waals surface area contributed by atoms with Gasteiger partial charge in [-0.2, -0.15) is 0 Å². The number of rotatable bonds is 3. The summed E-state index contributed by atoms with van der Waals surface area (Å²) in [6.07, 6.45) is 2.58. The predicted molar refractivity (Wildman–Crippen MR) is 77.4 cm³/mol. The Bertz CT molecular complexity index is 390. The van der Waals surface area contributed by atoms with E-state index in [9.17, 15) is 0 Å². The van der Waals surface area contributed by atoms with E-state index >= 15 is 0 Å². The van der Waals surface area contributed by atoms with Crippen LogP contribution in [0.15, 0.2) is 22.7 Å². The minimum atomic E-state index is 0.0961. The summed E-state index contributed by atoms with van der Waals surface area (Å²) in [4.78, 5) is 2.48. The standard InChI is InChI=1S/C14H21BrN2/c1-3-11-6-7-17(9-11)14-8-12(15)4-5-13(14)10(2)16/h4-5,8,10-11H,3,6-7,9,16H2,1-2H3. The Balaban J connectivity index is 2.27. The van der Waals surface area contributed by atoms with Gasteiger partial charge in [0.05, 0.1) is 0 Å². The molecule has 0 radical (unpaired) electrons. The van der Waals surface area contributed by atoms with Crippen LogP contribution in [0, 0.1) is 5.92 Å². The number of halogens is 1. The summed E-state index contributed by atoms with van der Waals surface area (Å²) in [6, 6.07) is 6.52. The summed E-state index contributed by atoms with van der Waals surface area (Å²) in [7, 11) is 0. The minimum Gasteiger partial charge on any atom is -0.371 e. The predicted octanol–water partition coefficient (Wildman–Crippen LogP) is 3.71. The number of hydrogen-bond donors (Lipinski definition) is 1. The number of nitrogens with zero attached hydrogens (tertiary/aromatic N) is 1. The topological polar surface area (TPSA) is 29.3 Å². The third-order valence-electron chi connectivity index (χ3n) is 3.69. The Labute approximate surface area is 112 Å². The molecule has 17 heavy (non-hydrogen) atoms. The molecule has 1 saturated heterocycles.